The van der Waals surface area contributed by atoms with Crippen molar-refractivity contribution in [2.75, 3.05) is 19.6 Å². The van der Waals surface area contributed by atoms with Crippen molar-refractivity contribution in [3.8, 4) is 5.75 Å². The largest absolute Gasteiger partial charge is 0.489 e. The van der Waals surface area contributed by atoms with E-state index in [1.54, 1.807) is 24.3 Å². The van der Waals surface area contributed by atoms with Crippen molar-refractivity contribution in [2.45, 2.75) is 32.3 Å². The highest BCUT2D eigenvalue weighted by Gasteiger charge is 2.18. The molecular weight excluding hydrogens is 362 g/mol. The number of non-ortho nitro benzene ring substituents is 2. The Morgan fingerprint density at radius 3 is 2.29 bits per heavy atom. The summed E-state index contributed by atoms with van der Waals surface area (Å²) in [5.41, 5.74) is 0.357. The fraction of sp³-hybridized carbons (Fsp3) is 0.400. The molecule has 1 aliphatic heterocycles. The molecule has 1 saturated heterocycles. The lowest BCUT2D eigenvalue weighted by Gasteiger charge is -2.23. The Kier molecular flexibility index (Phi) is 6.20. The first-order chi connectivity index (χ1) is 13.5. The number of nitro groups is 2. The van der Waals surface area contributed by atoms with Gasteiger partial charge >= 0.3 is 0 Å². The van der Waals surface area contributed by atoms with E-state index in [0.717, 1.165) is 36.5 Å². The molecular formula is C20H23N3O5. The molecule has 0 N–H and O–H groups in total. The minimum Gasteiger partial charge on any atom is -0.489 e. The number of nitro benzene ring substituents is 2. The number of nitrogens with zero attached hydrogens (tertiary/aromatic N) is 3. The van der Waals surface area contributed by atoms with Crippen LogP contribution in [0.25, 0.3) is 0 Å². The van der Waals surface area contributed by atoms with Gasteiger partial charge in [-0.1, -0.05) is 13.0 Å². The maximum atomic E-state index is 10.6. The maximum absolute atomic E-state index is 10.6. The zero-order valence-corrected chi connectivity index (χ0v) is 15.7. The Balaban J connectivity index is 0.000000206. The van der Waals surface area contributed by atoms with Crippen LogP contribution in [0.15, 0.2) is 42.5 Å². The van der Waals surface area contributed by atoms with Crippen molar-refractivity contribution < 1.29 is 14.6 Å². The van der Waals surface area contributed by atoms with Crippen molar-refractivity contribution in [3.05, 3.63) is 73.1 Å². The number of ether oxygens (including phenoxy) is 1. The van der Waals surface area contributed by atoms with E-state index < -0.39 is 4.92 Å². The van der Waals surface area contributed by atoms with Gasteiger partial charge in [-0.25, -0.2) is 0 Å². The second kappa shape index (κ2) is 8.79. The zero-order chi connectivity index (χ0) is 20.1. The lowest BCUT2D eigenvalue weighted by molar-refractivity contribution is -0.386. The van der Waals surface area contributed by atoms with Crippen LogP contribution in [-0.2, 0) is 0 Å². The number of rotatable bonds is 5. The van der Waals surface area contributed by atoms with Gasteiger partial charge in [-0.15, -0.1) is 0 Å². The van der Waals surface area contributed by atoms with Crippen LogP contribution >= 0.6 is 0 Å². The number of likely N-dealkylation sites (N-methyl/N-ethyl adjacent to an activating group) is 1. The Bertz CT molecular complexity index is 945. The first-order valence-electron chi connectivity index (χ1n) is 9.40. The van der Waals surface area contributed by atoms with Crippen LogP contribution in [-0.4, -0.2) is 40.5 Å². The average molecular weight is 385 g/mol. The summed E-state index contributed by atoms with van der Waals surface area (Å²) in [6, 6.07) is 11.5. The third-order valence-electron chi connectivity index (χ3n) is 5.02. The Morgan fingerprint density at radius 2 is 1.82 bits per heavy atom. The van der Waals surface area contributed by atoms with Gasteiger partial charge in [-0.05, 0) is 55.8 Å². The van der Waals surface area contributed by atoms with Gasteiger partial charge in [0.2, 0.25) is 0 Å². The number of likely N-dealkylation sites (tertiary alicyclic amines) is 1. The molecule has 0 saturated carbocycles. The topological polar surface area (TPSA) is 98.8 Å². The lowest BCUT2D eigenvalue weighted by Crippen LogP contribution is -2.33. The molecule has 148 valence electrons. The Labute approximate surface area is 162 Å². The molecule has 4 rings (SSSR count). The summed E-state index contributed by atoms with van der Waals surface area (Å²) < 4.78 is 5.94. The van der Waals surface area contributed by atoms with Crippen LogP contribution in [0.2, 0.25) is 0 Å². The molecule has 28 heavy (non-hydrogen) atoms. The number of benzene rings is 2. The average Bonchev–Trinajstić information content (AvgIpc) is 2.89. The van der Waals surface area contributed by atoms with Crippen molar-refractivity contribution in [3.63, 3.8) is 0 Å². The van der Waals surface area contributed by atoms with E-state index in [4.69, 9.17) is 4.74 Å². The normalized spacial score (nSPS) is 17.7. The molecule has 0 bridgehead atoms. The first-order valence-corrected chi connectivity index (χ1v) is 9.40. The smallest absolute Gasteiger partial charge is 0.277 e. The molecule has 8 heteroatoms. The quantitative estimate of drug-likeness (QED) is 0.485. The molecule has 1 heterocycles. The van der Waals surface area contributed by atoms with Crippen molar-refractivity contribution in [1.82, 2.24) is 4.90 Å². The molecule has 0 radical (unpaired) electrons. The summed E-state index contributed by atoms with van der Waals surface area (Å²) in [5.74, 6) is 0.716. The minimum atomic E-state index is -0.395. The third-order valence-corrected chi connectivity index (χ3v) is 5.02. The second-order valence-corrected chi connectivity index (χ2v) is 6.87. The SMILES string of the molecule is CCN1CCCCC(Oc2ccc([N+](=O)[O-])cc2)C1.O=[N+]([O-])c1cc2ccc1=2. The molecule has 2 aliphatic carbocycles. The molecule has 8 nitrogen and oxygen atoms in total. The van der Waals surface area contributed by atoms with Crippen molar-refractivity contribution >= 4 is 11.4 Å². The highest BCUT2D eigenvalue weighted by atomic mass is 16.6. The van der Waals surface area contributed by atoms with E-state index >= 15 is 0 Å². The van der Waals surface area contributed by atoms with Crippen LogP contribution < -0.4 is 4.74 Å². The summed E-state index contributed by atoms with van der Waals surface area (Å²) >= 11 is 0. The summed E-state index contributed by atoms with van der Waals surface area (Å²) in [5, 5.41) is 22.4. The maximum Gasteiger partial charge on any atom is 0.277 e. The Morgan fingerprint density at radius 1 is 1.07 bits per heavy atom. The molecule has 3 aliphatic rings. The van der Waals surface area contributed by atoms with Gasteiger partial charge in [0.25, 0.3) is 11.4 Å². The third kappa shape index (κ3) is 4.64. The van der Waals surface area contributed by atoms with Crippen molar-refractivity contribution in [2.24, 2.45) is 0 Å². The number of hydrogen-bond acceptors (Lipinski definition) is 6. The van der Waals surface area contributed by atoms with Gasteiger partial charge in [0.1, 0.15) is 11.9 Å². The van der Waals surface area contributed by atoms with Crippen LogP contribution in [0, 0.1) is 30.7 Å². The molecule has 1 unspecified atom stereocenters. The molecule has 0 spiro atoms. The summed E-state index contributed by atoms with van der Waals surface area (Å²) in [7, 11) is 0. The molecule has 1 fully saturated rings. The van der Waals surface area contributed by atoms with Gasteiger partial charge in [0.05, 0.1) is 15.1 Å². The molecule has 1 aromatic rings. The van der Waals surface area contributed by atoms with E-state index in [1.165, 1.54) is 25.0 Å². The lowest BCUT2D eigenvalue weighted by atomic mass is 10.1. The highest BCUT2D eigenvalue weighted by molar-refractivity contribution is 5.44. The summed E-state index contributed by atoms with van der Waals surface area (Å²) in [6.07, 6.45) is 3.62. The Hall–Kier alpha value is -3.00. The van der Waals surface area contributed by atoms with E-state index in [1.807, 2.05) is 6.07 Å². The molecule has 1 aromatic carbocycles. The predicted octanol–water partition coefficient (Wildman–Crippen LogP) is 4.04. The number of hydrogen-bond donors (Lipinski definition) is 0. The standard InChI is InChI=1S/C14H20N2O3.C6H3NO2/c1-2-15-10-4-3-5-14(11-15)19-13-8-6-12(7-9-13)16(17)18;8-7(9)6-3-4-1-2-5(4)6/h6-9,14H,2-5,10-11H2,1H3;1-3H. The van der Waals surface area contributed by atoms with E-state index in [0.29, 0.717) is 5.75 Å². The van der Waals surface area contributed by atoms with Gasteiger partial charge < -0.3 is 4.74 Å². The fourth-order valence-corrected chi connectivity index (χ4v) is 3.32. The van der Waals surface area contributed by atoms with Gasteiger partial charge in [-0.2, -0.15) is 0 Å². The first kappa shape index (κ1) is 19.8. The molecule has 0 aromatic heterocycles. The molecule has 1 atom stereocenters. The highest BCUT2D eigenvalue weighted by Crippen LogP contribution is 2.23. The molecule has 0 amide bonds. The van der Waals surface area contributed by atoms with Crippen LogP contribution in [0.1, 0.15) is 26.2 Å². The summed E-state index contributed by atoms with van der Waals surface area (Å²) in [6.45, 7) is 5.28. The van der Waals surface area contributed by atoms with Gasteiger partial charge in [-0.3, -0.25) is 25.1 Å². The van der Waals surface area contributed by atoms with Gasteiger partial charge in [0, 0.05) is 24.7 Å². The predicted molar refractivity (Wildman–Crippen MR) is 104 cm³/mol. The summed E-state index contributed by atoms with van der Waals surface area (Å²) in [4.78, 5) is 22.3. The monoisotopic (exact) mass is 385 g/mol. The van der Waals surface area contributed by atoms with Crippen molar-refractivity contribution in [1.29, 1.82) is 0 Å². The zero-order valence-electron chi connectivity index (χ0n) is 15.7. The van der Waals surface area contributed by atoms with E-state index in [9.17, 15) is 20.2 Å². The minimum absolute atomic E-state index is 0.100. The second-order valence-electron chi connectivity index (χ2n) is 6.87. The van der Waals surface area contributed by atoms with Crippen LogP contribution in [0.3, 0.4) is 0 Å². The van der Waals surface area contributed by atoms with E-state index in [2.05, 4.69) is 11.8 Å². The van der Waals surface area contributed by atoms with Crippen LogP contribution in [0.5, 0.6) is 5.75 Å². The van der Waals surface area contributed by atoms with E-state index in [-0.39, 0.29) is 22.4 Å². The van der Waals surface area contributed by atoms with Gasteiger partial charge in [0.15, 0.2) is 0 Å². The van der Waals surface area contributed by atoms with Crippen LogP contribution in [0.4, 0.5) is 11.4 Å². The fourth-order valence-electron chi connectivity index (χ4n) is 3.32.